The van der Waals surface area contributed by atoms with Crippen molar-refractivity contribution in [2.75, 3.05) is 32.8 Å². The lowest BCUT2D eigenvalue weighted by molar-refractivity contribution is -0.120. The van der Waals surface area contributed by atoms with E-state index in [0.29, 0.717) is 6.54 Å². The maximum atomic E-state index is 11.3. The first-order valence-corrected chi connectivity index (χ1v) is 7.36. The third-order valence-corrected chi connectivity index (χ3v) is 2.78. The summed E-state index contributed by atoms with van der Waals surface area (Å²) in [5.74, 6) is 0.105. The van der Waals surface area contributed by atoms with Gasteiger partial charge in [0, 0.05) is 19.8 Å². The molecule has 0 fully saturated rings. The van der Waals surface area contributed by atoms with Gasteiger partial charge in [0.1, 0.15) is 0 Å². The Balaban J connectivity index is 3.04. The van der Waals surface area contributed by atoms with Gasteiger partial charge in [-0.05, 0) is 26.3 Å². The van der Waals surface area contributed by atoms with E-state index in [0.717, 1.165) is 32.7 Å². The first-order chi connectivity index (χ1) is 8.81. The van der Waals surface area contributed by atoms with Crippen LogP contribution in [0.2, 0.25) is 0 Å². The van der Waals surface area contributed by atoms with Crippen LogP contribution in [0, 0.1) is 0 Å². The van der Waals surface area contributed by atoms with E-state index in [1.165, 1.54) is 32.1 Å². The summed E-state index contributed by atoms with van der Waals surface area (Å²) in [6, 6.07) is 0. The molecule has 0 aromatic rings. The van der Waals surface area contributed by atoms with Gasteiger partial charge in [0.2, 0.25) is 5.91 Å². The monoisotopic (exact) mass is 258 g/mol. The molecule has 0 aromatic heterocycles. The van der Waals surface area contributed by atoms with Crippen LogP contribution < -0.4 is 10.6 Å². The quantitative estimate of drug-likeness (QED) is 0.497. The average Bonchev–Trinajstić information content (AvgIpc) is 2.38. The molecule has 0 spiro atoms. The molecule has 0 unspecified atom stereocenters. The number of unbranched alkanes of at least 4 members (excludes halogenated alkanes) is 5. The van der Waals surface area contributed by atoms with Crippen LogP contribution in [0.4, 0.5) is 0 Å². The van der Waals surface area contributed by atoms with Gasteiger partial charge in [0.05, 0.1) is 6.54 Å². The van der Waals surface area contributed by atoms with Crippen molar-refractivity contribution >= 4 is 5.91 Å². The van der Waals surface area contributed by atoms with Gasteiger partial charge in [-0.1, -0.05) is 32.6 Å². The number of rotatable bonds is 13. The van der Waals surface area contributed by atoms with Crippen LogP contribution in [0.5, 0.6) is 0 Å². The van der Waals surface area contributed by atoms with E-state index in [9.17, 15) is 4.79 Å². The van der Waals surface area contributed by atoms with E-state index < -0.39 is 0 Å². The zero-order valence-corrected chi connectivity index (χ0v) is 12.1. The Morgan fingerprint density at radius 3 is 2.33 bits per heavy atom. The Hall–Kier alpha value is -0.610. The maximum absolute atomic E-state index is 11.3. The summed E-state index contributed by atoms with van der Waals surface area (Å²) in [5, 5.41) is 5.92. The summed E-state index contributed by atoms with van der Waals surface area (Å²) < 4.78 is 5.28. The van der Waals surface area contributed by atoms with Crippen LogP contribution >= 0.6 is 0 Å². The number of hydrogen-bond acceptors (Lipinski definition) is 3. The number of amides is 1. The van der Waals surface area contributed by atoms with Gasteiger partial charge >= 0.3 is 0 Å². The number of carbonyl (C=O) groups is 1. The Morgan fingerprint density at radius 2 is 1.67 bits per heavy atom. The Morgan fingerprint density at radius 1 is 1.00 bits per heavy atom. The summed E-state index contributed by atoms with van der Waals surface area (Å²) in [7, 11) is 0. The number of hydrogen-bond donors (Lipinski definition) is 2. The van der Waals surface area contributed by atoms with Crippen molar-refractivity contribution in [1.82, 2.24) is 10.6 Å². The van der Waals surface area contributed by atoms with E-state index in [1.54, 1.807) is 0 Å². The highest BCUT2D eigenvalue weighted by Gasteiger charge is 1.98. The van der Waals surface area contributed by atoms with Crippen molar-refractivity contribution in [2.45, 2.75) is 52.4 Å². The highest BCUT2D eigenvalue weighted by Crippen LogP contribution is 2.04. The molecule has 0 radical (unpaired) electrons. The van der Waals surface area contributed by atoms with Crippen molar-refractivity contribution in [2.24, 2.45) is 0 Å². The predicted molar refractivity (Wildman–Crippen MR) is 75.7 cm³/mol. The molecule has 0 saturated carbocycles. The molecule has 0 bridgehead atoms. The molecule has 0 aliphatic heterocycles. The number of nitrogens with one attached hydrogen (secondary N) is 2. The predicted octanol–water partition coefficient (Wildman–Crippen LogP) is 2.09. The van der Waals surface area contributed by atoms with E-state index in [4.69, 9.17) is 4.74 Å². The van der Waals surface area contributed by atoms with Gasteiger partial charge in [-0.15, -0.1) is 0 Å². The smallest absolute Gasteiger partial charge is 0.233 e. The second-order valence-electron chi connectivity index (χ2n) is 4.45. The number of ether oxygens (including phenoxy) is 1. The van der Waals surface area contributed by atoms with Gasteiger partial charge in [-0.25, -0.2) is 0 Å². The molecule has 2 N–H and O–H groups in total. The number of likely N-dealkylation sites (N-methyl/N-ethyl adjacent to an activating group) is 1. The highest BCUT2D eigenvalue weighted by atomic mass is 16.5. The third-order valence-electron chi connectivity index (χ3n) is 2.78. The molecule has 0 heterocycles. The molecular weight excluding hydrogens is 228 g/mol. The third kappa shape index (κ3) is 13.5. The lowest BCUT2D eigenvalue weighted by atomic mass is 10.1. The Bertz CT molecular complexity index is 187. The van der Waals surface area contributed by atoms with Crippen LogP contribution in [-0.4, -0.2) is 38.8 Å². The van der Waals surface area contributed by atoms with Crippen molar-refractivity contribution in [1.29, 1.82) is 0 Å². The molecular formula is C14H30N2O2. The van der Waals surface area contributed by atoms with Crippen LogP contribution in [-0.2, 0) is 9.53 Å². The van der Waals surface area contributed by atoms with Crippen LogP contribution in [0.1, 0.15) is 52.4 Å². The van der Waals surface area contributed by atoms with Gasteiger partial charge < -0.3 is 15.4 Å². The van der Waals surface area contributed by atoms with Crippen molar-refractivity contribution in [3.05, 3.63) is 0 Å². The van der Waals surface area contributed by atoms with E-state index in [-0.39, 0.29) is 5.91 Å². The minimum atomic E-state index is 0.105. The molecule has 4 heteroatoms. The summed E-state index contributed by atoms with van der Waals surface area (Å²) in [5.41, 5.74) is 0. The second kappa shape index (κ2) is 14.5. The van der Waals surface area contributed by atoms with Crippen molar-refractivity contribution in [3.8, 4) is 0 Å². The van der Waals surface area contributed by atoms with E-state index in [2.05, 4.69) is 10.6 Å². The summed E-state index contributed by atoms with van der Waals surface area (Å²) >= 11 is 0. The minimum absolute atomic E-state index is 0.105. The van der Waals surface area contributed by atoms with Crippen molar-refractivity contribution < 1.29 is 9.53 Å². The number of carbonyl (C=O) groups excluding carboxylic acids is 1. The van der Waals surface area contributed by atoms with Gasteiger partial charge in [-0.3, -0.25) is 4.79 Å². The maximum Gasteiger partial charge on any atom is 0.233 e. The molecule has 1 amide bonds. The average molecular weight is 258 g/mol. The SMILES string of the molecule is CCNCC(=O)NCCCCCCCCOCC. The molecule has 0 aliphatic rings. The van der Waals surface area contributed by atoms with Gasteiger partial charge in [0.15, 0.2) is 0 Å². The topological polar surface area (TPSA) is 50.4 Å². The van der Waals surface area contributed by atoms with Crippen LogP contribution in [0.3, 0.4) is 0 Å². The molecule has 0 rings (SSSR count). The lowest BCUT2D eigenvalue weighted by Gasteiger charge is -2.05. The fourth-order valence-corrected chi connectivity index (χ4v) is 1.71. The fraction of sp³-hybridized carbons (Fsp3) is 0.929. The second-order valence-corrected chi connectivity index (χ2v) is 4.45. The zero-order chi connectivity index (χ0) is 13.5. The molecule has 4 nitrogen and oxygen atoms in total. The van der Waals surface area contributed by atoms with E-state index in [1.807, 2.05) is 13.8 Å². The largest absolute Gasteiger partial charge is 0.382 e. The fourth-order valence-electron chi connectivity index (χ4n) is 1.71. The molecule has 0 saturated heterocycles. The van der Waals surface area contributed by atoms with Gasteiger partial charge in [0.25, 0.3) is 0 Å². The molecule has 18 heavy (non-hydrogen) atoms. The summed E-state index contributed by atoms with van der Waals surface area (Å²) in [4.78, 5) is 11.3. The van der Waals surface area contributed by atoms with Crippen LogP contribution in [0.25, 0.3) is 0 Å². The minimum Gasteiger partial charge on any atom is -0.382 e. The first kappa shape index (κ1) is 17.4. The van der Waals surface area contributed by atoms with E-state index >= 15 is 0 Å². The van der Waals surface area contributed by atoms with Crippen molar-refractivity contribution in [3.63, 3.8) is 0 Å². The lowest BCUT2D eigenvalue weighted by Crippen LogP contribution is -2.34. The molecule has 0 aromatic carbocycles. The van der Waals surface area contributed by atoms with Gasteiger partial charge in [-0.2, -0.15) is 0 Å². The molecule has 0 atom stereocenters. The first-order valence-electron chi connectivity index (χ1n) is 7.36. The highest BCUT2D eigenvalue weighted by molar-refractivity contribution is 5.77. The normalized spacial score (nSPS) is 10.6. The zero-order valence-electron chi connectivity index (χ0n) is 12.1. The van der Waals surface area contributed by atoms with Crippen LogP contribution in [0.15, 0.2) is 0 Å². The standard InChI is InChI=1S/C14H30N2O2/c1-3-15-13-14(17)16-11-9-7-5-6-8-10-12-18-4-2/h15H,3-13H2,1-2H3,(H,16,17). The summed E-state index contributed by atoms with van der Waals surface area (Å²) in [6.45, 7) is 7.85. The summed E-state index contributed by atoms with van der Waals surface area (Å²) in [6.07, 6.45) is 7.26. The Labute approximate surface area is 112 Å². The molecule has 0 aliphatic carbocycles. The Kier molecular flexibility index (Phi) is 14.0. The molecule has 108 valence electrons.